The maximum absolute atomic E-state index is 12.3. The molecule has 0 radical (unpaired) electrons. The Morgan fingerprint density at radius 2 is 2.29 bits per heavy atom. The normalized spacial score (nSPS) is 18.2. The van der Waals surface area contributed by atoms with E-state index in [4.69, 9.17) is 21.7 Å². The van der Waals surface area contributed by atoms with Crippen molar-refractivity contribution in [3.63, 3.8) is 0 Å². The van der Waals surface area contributed by atoms with Crippen LogP contribution in [0.15, 0.2) is 42.7 Å². The van der Waals surface area contributed by atoms with Gasteiger partial charge < -0.3 is 25.0 Å². The van der Waals surface area contributed by atoms with E-state index >= 15 is 0 Å². The Kier molecular flexibility index (Phi) is 5.16. The van der Waals surface area contributed by atoms with E-state index < -0.39 is 0 Å². The van der Waals surface area contributed by atoms with Crippen LogP contribution in [0.2, 0.25) is 0 Å². The molecule has 2 aliphatic rings. The van der Waals surface area contributed by atoms with E-state index in [1.165, 1.54) is 0 Å². The van der Waals surface area contributed by atoms with E-state index in [1.54, 1.807) is 17.3 Å². The summed E-state index contributed by atoms with van der Waals surface area (Å²) in [5.41, 5.74) is 2.58. The fourth-order valence-corrected chi connectivity index (χ4v) is 3.37. The van der Waals surface area contributed by atoms with Crippen molar-refractivity contribution in [2.24, 2.45) is 0 Å². The summed E-state index contributed by atoms with van der Waals surface area (Å²) < 4.78 is 11.2. The first-order valence-electron chi connectivity index (χ1n) is 9.01. The minimum Gasteiger partial charge on any atom is -0.489 e. The Morgan fingerprint density at radius 1 is 1.39 bits per heavy atom. The number of carbonyl (C=O) groups excluding carboxylic acids is 1. The molecule has 1 amide bonds. The van der Waals surface area contributed by atoms with Crippen LogP contribution in [0.25, 0.3) is 0 Å². The molecule has 1 aromatic carbocycles. The van der Waals surface area contributed by atoms with Gasteiger partial charge in [0, 0.05) is 19.3 Å². The fourth-order valence-electron chi connectivity index (χ4n) is 3.17. The van der Waals surface area contributed by atoms with Crippen LogP contribution < -0.4 is 25.2 Å². The molecule has 0 aliphatic carbocycles. The Morgan fingerprint density at radius 3 is 3.11 bits per heavy atom. The molecular weight excluding hydrogens is 378 g/mol. The van der Waals surface area contributed by atoms with Gasteiger partial charge in [-0.2, -0.15) is 0 Å². The SMILES string of the molecule is CN1CCOc2cc(N3CC(CNC(=S)Nc4cccnc4)OC3=O)ccc21. The van der Waals surface area contributed by atoms with Gasteiger partial charge in [-0.25, -0.2) is 4.79 Å². The predicted octanol–water partition coefficient (Wildman–Crippen LogP) is 2.22. The lowest BCUT2D eigenvalue weighted by molar-refractivity contribution is 0.143. The molecule has 0 bridgehead atoms. The standard InChI is InChI=1S/C19H21N5O3S/c1-23-7-8-26-17-9-14(4-5-16(17)23)24-12-15(27-19(24)25)11-21-18(28)22-13-3-2-6-20-10-13/h2-6,9-10,15H,7-8,11-12H2,1H3,(H2,21,22,28). The van der Waals surface area contributed by atoms with Gasteiger partial charge in [-0.15, -0.1) is 0 Å². The number of fused-ring (bicyclic) bond motifs is 1. The first-order valence-corrected chi connectivity index (χ1v) is 9.42. The highest BCUT2D eigenvalue weighted by atomic mass is 32.1. The van der Waals surface area contributed by atoms with Crippen molar-refractivity contribution in [1.29, 1.82) is 0 Å². The average Bonchev–Trinajstić information content (AvgIpc) is 3.08. The van der Waals surface area contributed by atoms with E-state index in [-0.39, 0.29) is 12.2 Å². The molecule has 1 saturated heterocycles. The summed E-state index contributed by atoms with van der Waals surface area (Å²) in [6, 6.07) is 9.46. The Balaban J connectivity index is 1.34. The lowest BCUT2D eigenvalue weighted by atomic mass is 10.2. The second kappa shape index (κ2) is 7.89. The molecule has 9 heteroatoms. The zero-order valence-corrected chi connectivity index (χ0v) is 16.2. The van der Waals surface area contributed by atoms with Gasteiger partial charge in [0.25, 0.3) is 0 Å². The number of cyclic esters (lactones) is 1. The van der Waals surface area contributed by atoms with Crippen LogP contribution in [0.3, 0.4) is 0 Å². The first kappa shape index (κ1) is 18.3. The molecule has 2 aliphatic heterocycles. The van der Waals surface area contributed by atoms with E-state index in [0.29, 0.717) is 24.8 Å². The van der Waals surface area contributed by atoms with Crippen molar-refractivity contribution < 1.29 is 14.3 Å². The van der Waals surface area contributed by atoms with E-state index in [9.17, 15) is 4.79 Å². The summed E-state index contributed by atoms with van der Waals surface area (Å²) >= 11 is 5.28. The number of carbonyl (C=O) groups is 1. The second-order valence-corrected chi connectivity index (χ2v) is 7.02. The van der Waals surface area contributed by atoms with Crippen molar-refractivity contribution in [1.82, 2.24) is 10.3 Å². The maximum atomic E-state index is 12.3. The molecule has 0 spiro atoms. The van der Waals surface area contributed by atoms with Gasteiger partial charge in [0.05, 0.1) is 42.9 Å². The third-order valence-corrected chi connectivity index (χ3v) is 4.88. The Hall–Kier alpha value is -3.07. The molecule has 2 aromatic rings. The van der Waals surface area contributed by atoms with Crippen molar-refractivity contribution in [2.45, 2.75) is 6.10 Å². The number of hydrogen-bond donors (Lipinski definition) is 2. The fraction of sp³-hybridized carbons (Fsp3) is 0.316. The zero-order valence-electron chi connectivity index (χ0n) is 15.4. The van der Waals surface area contributed by atoms with Crippen LogP contribution in [0.4, 0.5) is 21.9 Å². The highest BCUT2D eigenvalue weighted by molar-refractivity contribution is 7.80. The molecular formula is C19H21N5O3S. The summed E-state index contributed by atoms with van der Waals surface area (Å²) in [5.74, 6) is 0.780. The van der Waals surface area contributed by atoms with Gasteiger partial charge in [-0.05, 0) is 36.5 Å². The number of ether oxygens (including phenoxy) is 2. The number of rotatable bonds is 4. The maximum Gasteiger partial charge on any atom is 0.414 e. The smallest absolute Gasteiger partial charge is 0.414 e. The van der Waals surface area contributed by atoms with Gasteiger partial charge in [0.15, 0.2) is 5.11 Å². The van der Waals surface area contributed by atoms with Crippen LogP contribution >= 0.6 is 12.2 Å². The largest absolute Gasteiger partial charge is 0.489 e. The number of anilines is 3. The molecule has 0 saturated carbocycles. The quantitative estimate of drug-likeness (QED) is 0.758. The van der Waals surface area contributed by atoms with Gasteiger partial charge in [-0.3, -0.25) is 9.88 Å². The number of nitrogens with zero attached hydrogens (tertiary/aromatic N) is 3. The van der Waals surface area contributed by atoms with Gasteiger partial charge in [0.2, 0.25) is 0 Å². The third-order valence-electron chi connectivity index (χ3n) is 4.63. The van der Waals surface area contributed by atoms with Crippen molar-refractivity contribution in [2.75, 3.05) is 48.4 Å². The molecule has 8 nitrogen and oxygen atoms in total. The topological polar surface area (TPSA) is 79.0 Å². The van der Waals surface area contributed by atoms with Gasteiger partial charge in [0.1, 0.15) is 18.5 Å². The van der Waals surface area contributed by atoms with E-state index in [0.717, 1.165) is 29.4 Å². The molecule has 3 heterocycles. The van der Waals surface area contributed by atoms with Crippen molar-refractivity contribution in [3.05, 3.63) is 42.7 Å². The minimum absolute atomic E-state index is 0.305. The van der Waals surface area contributed by atoms with E-state index in [2.05, 4.69) is 20.5 Å². The summed E-state index contributed by atoms with van der Waals surface area (Å²) in [6.07, 6.45) is 2.70. The summed E-state index contributed by atoms with van der Waals surface area (Å²) in [4.78, 5) is 20.1. The number of benzene rings is 1. The van der Waals surface area contributed by atoms with Crippen LogP contribution in [0, 0.1) is 0 Å². The lowest BCUT2D eigenvalue weighted by Gasteiger charge is -2.28. The Bertz CT molecular complexity index is 879. The molecule has 1 fully saturated rings. The molecule has 4 rings (SSSR count). The van der Waals surface area contributed by atoms with E-state index in [1.807, 2.05) is 37.4 Å². The molecule has 2 N–H and O–H groups in total. The summed E-state index contributed by atoms with van der Waals surface area (Å²) in [7, 11) is 2.02. The predicted molar refractivity (Wildman–Crippen MR) is 111 cm³/mol. The number of amides is 1. The van der Waals surface area contributed by atoms with Gasteiger partial charge in [-0.1, -0.05) is 0 Å². The molecule has 1 unspecified atom stereocenters. The number of aromatic nitrogens is 1. The number of hydrogen-bond acceptors (Lipinski definition) is 6. The average molecular weight is 399 g/mol. The number of likely N-dealkylation sites (N-methyl/N-ethyl adjacent to an activating group) is 1. The zero-order chi connectivity index (χ0) is 19.5. The van der Waals surface area contributed by atoms with Crippen LogP contribution in [0.1, 0.15) is 0 Å². The van der Waals surface area contributed by atoms with Crippen LogP contribution in [-0.4, -0.2) is 55.6 Å². The molecule has 28 heavy (non-hydrogen) atoms. The van der Waals surface area contributed by atoms with Gasteiger partial charge >= 0.3 is 6.09 Å². The van der Waals surface area contributed by atoms with Crippen LogP contribution in [0.5, 0.6) is 5.75 Å². The summed E-state index contributed by atoms with van der Waals surface area (Å²) in [6.45, 7) is 2.33. The summed E-state index contributed by atoms with van der Waals surface area (Å²) in [5, 5.41) is 6.57. The molecule has 1 atom stereocenters. The number of pyridine rings is 1. The van der Waals surface area contributed by atoms with Crippen molar-refractivity contribution >= 4 is 40.5 Å². The lowest BCUT2D eigenvalue weighted by Crippen LogP contribution is -2.37. The second-order valence-electron chi connectivity index (χ2n) is 6.62. The molecule has 146 valence electrons. The van der Waals surface area contributed by atoms with Crippen LogP contribution in [-0.2, 0) is 4.74 Å². The number of nitrogens with one attached hydrogen (secondary N) is 2. The first-order chi connectivity index (χ1) is 13.6. The molecule has 1 aromatic heterocycles. The Labute approximate surface area is 168 Å². The highest BCUT2D eigenvalue weighted by Gasteiger charge is 2.33. The minimum atomic E-state index is -0.373. The monoisotopic (exact) mass is 399 g/mol. The highest BCUT2D eigenvalue weighted by Crippen LogP contribution is 2.35. The number of thiocarbonyl (C=S) groups is 1. The third kappa shape index (κ3) is 3.94. The van der Waals surface area contributed by atoms with Crippen molar-refractivity contribution in [3.8, 4) is 5.75 Å².